The van der Waals surface area contributed by atoms with Crippen LogP contribution in [-0.4, -0.2) is 7.11 Å². The molecule has 0 bridgehead atoms. The van der Waals surface area contributed by atoms with E-state index in [0.29, 0.717) is 0 Å². The van der Waals surface area contributed by atoms with Crippen molar-refractivity contribution >= 4 is 15.9 Å². The van der Waals surface area contributed by atoms with Gasteiger partial charge in [-0.05, 0) is 49.3 Å². The van der Waals surface area contributed by atoms with Gasteiger partial charge in [0.1, 0.15) is 5.75 Å². The Balaban J connectivity index is 2.42. The molecule has 0 aliphatic heterocycles. The predicted molar refractivity (Wildman–Crippen MR) is 83.6 cm³/mol. The van der Waals surface area contributed by atoms with Crippen molar-refractivity contribution in [3.63, 3.8) is 0 Å². The predicted octanol–water partition coefficient (Wildman–Crippen LogP) is 4.74. The Morgan fingerprint density at radius 3 is 2.53 bits per heavy atom. The van der Waals surface area contributed by atoms with Gasteiger partial charge in [0.05, 0.1) is 7.11 Å². The number of hydrogen-bond acceptors (Lipinski definition) is 2. The number of rotatable bonds is 4. The second-order valence-corrected chi connectivity index (χ2v) is 6.60. The summed E-state index contributed by atoms with van der Waals surface area (Å²) >= 11 is 3.61. The van der Waals surface area contributed by atoms with Crippen molar-refractivity contribution in [3.05, 3.63) is 27.7 Å². The quantitative estimate of drug-likeness (QED) is 0.867. The molecule has 3 heteroatoms. The smallest absolute Gasteiger partial charge is 0.123 e. The molecule has 1 fully saturated rings. The molecule has 1 aromatic rings. The normalized spacial score (nSPS) is 19.4. The van der Waals surface area contributed by atoms with E-state index in [0.717, 1.165) is 22.2 Å². The molecular formula is C16H24BrNO. The third-order valence-electron chi connectivity index (χ3n) is 4.81. The lowest BCUT2D eigenvalue weighted by Gasteiger charge is -2.35. The average molecular weight is 326 g/mol. The molecule has 1 atom stereocenters. The molecule has 1 aliphatic carbocycles. The Labute approximate surface area is 124 Å². The van der Waals surface area contributed by atoms with Crippen molar-refractivity contribution in [2.24, 2.45) is 11.1 Å². The molecule has 0 saturated heterocycles. The van der Waals surface area contributed by atoms with Gasteiger partial charge in [-0.25, -0.2) is 0 Å². The fourth-order valence-electron chi connectivity index (χ4n) is 3.38. The van der Waals surface area contributed by atoms with Crippen LogP contribution >= 0.6 is 15.9 Å². The van der Waals surface area contributed by atoms with Gasteiger partial charge in [0.2, 0.25) is 0 Å². The highest BCUT2D eigenvalue weighted by Crippen LogP contribution is 2.50. The summed E-state index contributed by atoms with van der Waals surface area (Å²) in [5.74, 6) is 0.924. The number of benzene rings is 1. The summed E-state index contributed by atoms with van der Waals surface area (Å²) in [6, 6.07) is 4.29. The van der Waals surface area contributed by atoms with Gasteiger partial charge in [0, 0.05) is 16.1 Å². The van der Waals surface area contributed by atoms with Crippen molar-refractivity contribution in [1.29, 1.82) is 0 Å². The van der Waals surface area contributed by atoms with Gasteiger partial charge in [-0.3, -0.25) is 0 Å². The fourth-order valence-corrected chi connectivity index (χ4v) is 3.74. The van der Waals surface area contributed by atoms with Crippen molar-refractivity contribution in [3.8, 4) is 5.75 Å². The van der Waals surface area contributed by atoms with Gasteiger partial charge in [-0.1, -0.05) is 35.7 Å². The highest BCUT2D eigenvalue weighted by atomic mass is 79.9. The molecule has 1 saturated carbocycles. The van der Waals surface area contributed by atoms with Gasteiger partial charge >= 0.3 is 0 Å². The van der Waals surface area contributed by atoms with Gasteiger partial charge in [0.15, 0.2) is 0 Å². The third-order valence-corrected chi connectivity index (χ3v) is 5.66. The second-order valence-electron chi connectivity index (χ2n) is 5.74. The zero-order valence-electron chi connectivity index (χ0n) is 12.1. The lowest BCUT2D eigenvalue weighted by Crippen LogP contribution is -2.32. The molecule has 1 aromatic carbocycles. The maximum Gasteiger partial charge on any atom is 0.123 e. The molecular weight excluding hydrogens is 302 g/mol. The zero-order chi connectivity index (χ0) is 14.0. The van der Waals surface area contributed by atoms with E-state index < -0.39 is 0 Å². The van der Waals surface area contributed by atoms with Gasteiger partial charge in [-0.2, -0.15) is 0 Å². The second kappa shape index (κ2) is 5.84. The number of aryl methyl sites for hydroxylation is 1. The summed E-state index contributed by atoms with van der Waals surface area (Å²) in [7, 11) is 1.73. The fraction of sp³-hybridized carbons (Fsp3) is 0.625. The van der Waals surface area contributed by atoms with E-state index in [1.165, 1.54) is 31.2 Å². The lowest BCUT2D eigenvalue weighted by molar-refractivity contribution is 0.218. The molecule has 106 valence electrons. The SMILES string of the molecule is CCC1(C(N)c2cc(Br)c(C)cc2OC)CCCC1. The minimum atomic E-state index is 0.0619. The molecule has 1 aliphatic rings. The maximum atomic E-state index is 6.64. The molecule has 0 spiro atoms. The van der Waals surface area contributed by atoms with Crippen LogP contribution in [0.3, 0.4) is 0 Å². The largest absolute Gasteiger partial charge is 0.496 e. The average Bonchev–Trinajstić information content (AvgIpc) is 2.90. The first-order chi connectivity index (χ1) is 9.04. The van der Waals surface area contributed by atoms with E-state index in [-0.39, 0.29) is 11.5 Å². The van der Waals surface area contributed by atoms with Crippen LogP contribution in [0, 0.1) is 12.3 Å². The van der Waals surface area contributed by atoms with Gasteiger partial charge in [0.25, 0.3) is 0 Å². The van der Waals surface area contributed by atoms with Crippen LogP contribution in [0.1, 0.15) is 56.2 Å². The number of halogens is 1. The van der Waals surface area contributed by atoms with Crippen LogP contribution in [0.25, 0.3) is 0 Å². The molecule has 2 N–H and O–H groups in total. The van der Waals surface area contributed by atoms with Crippen molar-refractivity contribution < 1.29 is 4.74 Å². The molecule has 1 unspecified atom stereocenters. The number of nitrogens with two attached hydrogens (primary N) is 1. The molecule has 0 aromatic heterocycles. The zero-order valence-corrected chi connectivity index (χ0v) is 13.7. The first-order valence-corrected chi connectivity index (χ1v) is 7.93. The molecule has 2 nitrogen and oxygen atoms in total. The van der Waals surface area contributed by atoms with Crippen molar-refractivity contribution in [1.82, 2.24) is 0 Å². The van der Waals surface area contributed by atoms with E-state index in [1.807, 2.05) is 0 Å². The minimum Gasteiger partial charge on any atom is -0.496 e. The van der Waals surface area contributed by atoms with Crippen LogP contribution in [0.15, 0.2) is 16.6 Å². The van der Waals surface area contributed by atoms with E-state index in [9.17, 15) is 0 Å². The van der Waals surface area contributed by atoms with E-state index in [4.69, 9.17) is 10.5 Å². The Kier molecular flexibility index (Phi) is 4.57. The topological polar surface area (TPSA) is 35.2 Å². The van der Waals surface area contributed by atoms with Crippen LogP contribution in [0.2, 0.25) is 0 Å². The monoisotopic (exact) mass is 325 g/mol. The Bertz CT molecular complexity index is 452. The molecule has 19 heavy (non-hydrogen) atoms. The minimum absolute atomic E-state index is 0.0619. The molecule has 0 radical (unpaired) electrons. The first-order valence-electron chi connectivity index (χ1n) is 7.13. The Morgan fingerprint density at radius 1 is 1.37 bits per heavy atom. The highest BCUT2D eigenvalue weighted by molar-refractivity contribution is 9.10. The van der Waals surface area contributed by atoms with E-state index in [1.54, 1.807) is 7.11 Å². The summed E-state index contributed by atoms with van der Waals surface area (Å²) in [5, 5.41) is 0. The number of hydrogen-bond donors (Lipinski definition) is 1. The van der Waals surface area contributed by atoms with Gasteiger partial charge < -0.3 is 10.5 Å². The third kappa shape index (κ3) is 2.68. The van der Waals surface area contributed by atoms with Crippen LogP contribution < -0.4 is 10.5 Å². The molecule has 2 rings (SSSR count). The summed E-state index contributed by atoms with van der Waals surface area (Å²) < 4.78 is 6.66. The van der Waals surface area contributed by atoms with Crippen molar-refractivity contribution in [2.75, 3.05) is 7.11 Å². The van der Waals surface area contributed by atoms with Crippen molar-refractivity contribution in [2.45, 2.75) is 52.0 Å². The molecule has 0 heterocycles. The molecule has 0 amide bonds. The van der Waals surface area contributed by atoms with Crippen LogP contribution in [0.4, 0.5) is 0 Å². The number of ether oxygens (including phenoxy) is 1. The van der Waals surface area contributed by atoms with E-state index >= 15 is 0 Å². The lowest BCUT2D eigenvalue weighted by atomic mass is 9.73. The highest BCUT2D eigenvalue weighted by Gasteiger charge is 2.39. The van der Waals surface area contributed by atoms with E-state index in [2.05, 4.69) is 41.9 Å². The standard InChI is InChI=1S/C16H24BrNO/c1-4-16(7-5-6-8-16)15(18)12-10-13(17)11(2)9-14(12)19-3/h9-10,15H,4-8,18H2,1-3H3. The van der Waals surface area contributed by atoms with Crippen LogP contribution in [-0.2, 0) is 0 Å². The number of methoxy groups -OCH3 is 1. The summed E-state index contributed by atoms with van der Waals surface area (Å²) in [6.07, 6.45) is 6.22. The summed E-state index contributed by atoms with van der Waals surface area (Å²) in [6.45, 7) is 4.34. The first kappa shape index (κ1) is 14.9. The Hall–Kier alpha value is -0.540. The van der Waals surface area contributed by atoms with Gasteiger partial charge in [-0.15, -0.1) is 0 Å². The summed E-state index contributed by atoms with van der Waals surface area (Å²) in [4.78, 5) is 0. The maximum absolute atomic E-state index is 6.64. The van der Waals surface area contributed by atoms with Crippen LogP contribution in [0.5, 0.6) is 5.75 Å². The summed E-state index contributed by atoms with van der Waals surface area (Å²) in [5.41, 5.74) is 9.22. The Morgan fingerprint density at radius 2 is 2.00 bits per heavy atom.